The highest BCUT2D eigenvalue weighted by Gasteiger charge is 2.37. The van der Waals surface area contributed by atoms with E-state index in [1.807, 2.05) is 6.08 Å². The molecule has 1 saturated carbocycles. The lowest BCUT2D eigenvalue weighted by Crippen LogP contribution is -2.42. The van der Waals surface area contributed by atoms with Gasteiger partial charge in [-0.15, -0.1) is 0 Å². The Bertz CT molecular complexity index is 935. The summed E-state index contributed by atoms with van der Waals surface area (Å²) in [6.07, 6.45) is 8.88. The number of piperidine rings is 1. The molecule has 0 radical (unpaired) electrons. The molecule has 1 unspecified atom stereocenters. The van der Waals surface area contributed by atoms with E-state index in [1.54, 1.807) is 0 Å². The van der Waals surface area contributed by atoms with Gasteiger partial charge in [0, 0.05) is 31.3 Å². The van der Waals surface area contributed by atoms with Gasteiger partial charge in [-0.05, 0) is 55.7 Å². The van der Waals surface area contributed by atoms with Crippen molar-refractivity contribution in [2.75, 3.05) is 20.2 Å². The summed E-state index contributed by atoms with van der Waals surface area (Å²) in [5.74, 6) is 0.798. The van der Waals surface area contributed by atoms with Gasteiger partial charge in [-0.3, -0.25) is 5.43 Å². The molecule has 4 aliphatic rings. The number of likely N-dealkylation sites (tertiary alicyclic amines) is 1. The third kappa shape index (κ3) is 3.43. The maximum atomic E-state index is 14.5. The largest absolute Gasteiger partial charge is 0.493 e. The topological polar surface area (TPSA) is 40.1 Å². The van der Waals surface area contributed by atoms with Crippen molar-refractivity contribution < 1.29 is 13.5 Å². The summed E-state index contributed by atoms with van der Waals surface area (Å²) in [5, 5.41) is 5.21. The van der Waals surface area contributed by atoms with Gasteiger partial charge < -0.3 is 14.5 Å². The number of benzene rings is 1. The molecule has 160 valence electrons. The number of allylic oxidation sites excluding steroid dienone is 1. The van der Waals surface area contributed by atoms with E-state index in [-0.39, 0.29) is 17.8 Å². The Morgan fingerprint density at radius 3 is 2.60 bits per heavy atom. The summed E-state index contributed by atoms with van der Waals surface area (Å²) in [6, 6.07) is 2.30. The van der Waals surface area contributed by atoms with Crippen LogP contribution in [0.5, 0.6) is 5.75 Å². The lowest BCUT2D eigenvalue weighted by atomic mass is 9.88. The minimum Gasteiger partial charge on any atom is -0.493 e. The molecule has 0 spiro atoms. The standard InChI is InChI=1S/C22H25ClF2N4O/c1-30-21-16(25)5-4-15(24)19(21)14-6-9-28(10-7-14)17-8-11-29-18(12-13-2-3-13)26-27-22(29)20(17)23/h4-5,8,11,13-14,22,27H,2-3,6-7,9-10,12H2,1H3. The third-order valence-electron chi connectivity index (χ3n) is 6.48. The molecule has 1 aliphatic carbocycles. The van der Waals surface area contributed by atoms with E-state index in [1.165, 1.54) is 26.0 Å². The highest BCUT2D eigenvalue weighted by atomic mass is 35.5. The third-order valence-corrected chi connectivity index (χ3v) is 6.88. The van der Waals surface area contributed by atoms with Crippen LogP contribution in [0.25, 0.3) is 0 Å². The quantitative estimate of drug-likeness (QED) is 0.742. The molecule has 8 heteroatoms. The second-order valence-corrected chi connectivity index (χ2v) is 8.81. The van der Waals surface area contributed by atoms with Crippen LogP contribution < -0.4 is 10.2 Å². The Labute approximate surface area is 180 Å². The maximum Gasteiger partial charge on any atom is 0.165 e. The van der Waals surface area contributed by atoms with Crippen molar-refractivity contribution in [3.63, 3.8) is 0 Å². The highest BCUT2D eigenvalue weighted by molar-refractivity contribution is 6.31. The van der Waals surface area contributed by atoms with Crippen LogP contribution in [-0.2, 0) is 0 Å². The summed E-state index contributed by atoms with van der Waals surface area (Å²) >= 11 is 6.76. The van der Waals surface area contributed by atoms with Crippen molar-refractivity contribution >= 4 is 17.4 Å². The normalized spacial score (nSPS) is 24.1. The Balaban J connectivity index is 1.28. The van der Waals surface area contributed by atoms with Gasteiger partial charge in [0.25, 0.3) is 0 Å². The number of fused-ring (bicyclic) bond motifs is 1. The lowest BCUT2D eigenvalue weighted by Gasteiger charge is -2.38. The molecule has 1 aromatic carbocycles. The molecule has 3 aliphatic heterocycles. The Morgan fingerprint density at radius 1 is 1.17 bits per heavy atom. The number of nitrogens with zero attached hydrogens (tertiary/aromatic N) is 3. The van der Waals surface area contributed by atoms with Gasteiger partial charge in [-0.2, -0.15) is 5.10 Å². The summed E-state index contributed by atoms with van der Waals surface area (Å²) in [7, 11) is 1.38. The van der Waals surface area contributed by atoms with E-state index in [4.69, 9.17) is 16.3 Å². The molecule has 0 amide bonds. The molecule has 3 heterocycles. The molecular formula is C22H25ClF2N4O. The first kappa shape index (κ1) is 19.7. The van der Waals surface area contributed by atoms with E-state index >= 15 is 0 Å². The van der Waals surface area contributed by atoms with Gasteiger partial charge in [-0.1, -0.05) is 11.6 Å². The van der Waals surface area contributed by atoms with Crippen molar-refractivity contribution in [3.05, 3.63) is 52.3 Å². The van der Waals surface area contributed by atoms with E-state index in [0.29, 0.717) is 31.5 Å². The molecule has 0 bridgehead atoms. The molecule has 1 atom stereocenters. The Hall–Kier alpha value is -2.28. The van der Waals surface area contributed by atoms with Crippen molar-refractivity contribution in [1.29, 1.82) is 0 Å². The van der Waals surface area contributed by atoms with E-state index in [2.05, 4.69) is 26.5 Å². The lowest BCUT2D eigenvalue weighted by molar-refractivity contribution is 0.255. The number of halogens is 3. The van der Waals surface area contributed by atoms with Crippen LogP contribution in [0.1, 0.15) is 43.6 Å². The van der Waals surface area contributed by atoms with Crippen LogP contribution in [0.4, 0.5) is 8.78 Å². The second-order valence-electron chi connectivity index (χ2n) is 8.40. The van der Waals surface area contributed by atoms with Crippen LogP contribution >= 0.6 is 11.6 Å². The molecule has 1 aromatic rings. The van der Waals surface area contributed by atoms with Crippen LogP contribution in [0.15, 0.2) is 40.2 Å². The van der Waals surface area contributed by atoms with Crippen LogP contribution in [-0.4, -0.2) is 42.0 Å². The smallest absolute Gasteiger partial charge is 0.165 e. The molecular weight excluding hydrogens is 410 g/mol. The van der Waals surface area contributed by atoms with Gasteiger partial charge >= 0.3 is 0 Å². The first-order valence-corrected chi connectivity index (χ1v) is 10.9. The van der Waals surface area contributed by atoms with Crippen molar-refractivity contribution in [3.8, 4) is 5.75 Å². The molecule has 5 rings (SSSR count). The fraction of sp³-hybridized carbons (Fsp3) is 0.500. The zero-order chi connectivity index (χ0) is 20.8. The van der Waals surface area contributed by atoms with Gasteiger partial charge in [-0.25, -0.2) is 8.78 Å². The van der Waals surface area contributed by atoms with Crippen molar-refractivity contribution in [2.24, 2.45) is 11.0 Å². The zero-order valence-corrected chi connectivity index (χ0v) is 17.6. The fourth-order valence-electron chi connectivity index (χ4n) is 4.66. The van der Waals surface area contributed by atoms with E-state index in [9.17, 15) is 8.78 Å². The number of hydrazone groups is 1. The molecule has 2 fully saturated rings. The number of nitrogens with one attached hydrogen (secondary N) is 1. The van der Waals surface area contributed by atoms with Crippen LogP contribution in [0.2, 0.25) is 0 Å². The average Bonchev–Trinajstić information content (AvgIpc) is 3.48. The summed E-state index contributed by atoms with van der Waals surface area (Å²) in [4.78, 5) is 4.33. The van der Waals surface area contributed by atoms with Gasteiger partial charge in [0.05, 0.1) is 17.8 Å². The molecule has 5 nitrogen and oxygen atoms in total. The second kappa shape index (κ2) is 7.76. The maximum absolute atomic E-state index is 14.5. The molecule has 0 aromatic heterocycles. The number of rotatable bonds is 5. The van der Waals surface area contributed by atoms with Crippen LogP contribution in [0.3, 0.4) is 0 Å². The number of ether oxygens (including phenoxy) is 1. The number of hydrogen-bond donors (Lipinski definition) is 1. The Morgan fingerprint density at radius 2 is 1.90 bits per heavy atom. The zero-order valence-electron chi connectivity index (χ0n) is 16.9. The Kier molecular flexibility index (Phi) is 5.09. The molecule has 1 saturated heterocycles. The van der Waals surface area contributed by atoms with Gasteiger partial charge in [0.15, 0.2) is 17.7 Å². The summed E-state index contributed by atoms with van der Waals surface area (Å²) < 4.78 is 33.7. The first-order chi connectivity index (χ1) is 14.6. The fourth-order valence-corrected chi connectivity index (χ4v) is 5.00. The predicted octanol–water partition coefficient (Wildman–Crippen LogP) is 4.48. The monoisotopic (exact) mass is 434 g/mol. The van der Waals surface area contributed by atoms with E-state index in [0.717, 1.165) is 35.0 Å². The van der Waals surface area contributed by atoms with E-state index < -0.39 is 11.6 Å². The van der Waals surface area contributed by atoms with Crippen molar-refractivity contribution in [2.45, 2.75) is 44.2 Å². The number of methoxy groups -OCH3 is 1. The van der Waals surface area contributed by atoms with Crippen LogP contribution in [0, 0.1) is 17.6 Å². The predicted molar refractivity (Wildman–Crippen MR) is 112 cm³/mol. The highest BCUT2D eigenvalue weighted by Crippen LogP contribution is 2.40. The minimum absolute atomic E-state index is 0.0226. The molecule has 30 heavy (non-hydrogen) atoms. The number of hydrogen-bond acceptors (Lipinski definition) is 5. The summed E-state index contributed by atoms with van der Waals surface area (Å²) in [6.45, 7) is 1.42. The minimum atomic E-state index is -0.522. The summed E-state index contributed by atoms with van der Waals surface area (Å²) in [5.41, 5.74) is 4.48. The first-order valence-electron chi connectivity index (χ1n) is 10.5. The van der Waals surface area contributed by atoms with Gasteiger partial charge in [0.1, 0.15) is 11.7 Å². The average molecular weight is 435 g/mol. The number of amidine groups is 1. The molecule has 1 N–H and O–H groups in total. The van der Waals surface area contributed by atoms with Gasteiger partial charge in [0.2, 0.25) is 0 Å². The van der Waals surface area contributed by atoms with Crippen molar-refractivity contribution in [1.82, 2.24) is 15.2 Å². The SMILES string of the molecule is COc1c(F)ccc(F)c1C1CCN(C2=C(Cl)C3NN=C(CC4CC4)N3C=C2)CC1.